The summed E-state index contributed by atoms with van der Waals surface area (Å²) in [7, 11) is 2.03. The SMILES string of the molecule is CCc1ncc(CN(C)Cc2cc(=O)[nH]c3ccccc23)cn1. The van der Waals surface area contributed by atoms with E-state index in [1.807, 2.05) is 50.6 Å². The lowest BCUT2D eigenvalue weighted by atomic mass is 10.1. The van der Waals surface area contributed by atoms with E-state index < -0.39 is 0 Å². The maximum atomic E-state index is 11.8. The Kier molecular flexibility index (Phi) is 4.48. The summed E-state index contributed by atoms with van der Waals surface area (Å²) in [6, 6.07) is 9.56. The number of fused-ring (bicyclic) bond motifs is 1. The summed E-state index contributed by atoms with van der Waals surface area (Å²) in [5.74, 6) is 0.858. The van der Waals surface area contributed by atoms with Crippen LogP contribution in [0.2, 0.25) is 0 Å². The lowest BCUT2D eigenvalue weighted by molar-refractivity contribution is 0.319. The van der Waals surface area contributed by atoms with E-state index >= 15 is 0 Å². The molecule has 1 N–H and O–H groups in total. The van der Waals surface area contributed by atoms with E-state index in [1.165, 1.54) is 0 Å². The van der Waals surface area contributed by atoms with Gasteiger partial charge in [0.2, 0.25) is 5.56 Å². The number of pyridine rings is 1. The quantitative estimate of drug-likeness (QED) is 0.786. The van der Waals surface area contributed by atoms with Crippen LogP contribution < -0.4 is 5.56 Å². The predicted molar refractivity (Wildman–Crippen MR) is 91.1 cm³/mol. The molecular weight excluding hydrogens is 288 g/mol. The molecule has 0 bridgehead atoms. The van der Waals surface area contributed by atoms with Gasteiger partial charge in [-0.1, -0.05) is 25.1 Å². The van der Waals surface area contributed by atoms with Crippen molar-refractivity contribution < 1.29 is 0 Å². The van der Waals surface area contributed by atoms with Crippen molar-refractivity contribution in [3.63, 3.8) is 0 Å². The Hall–Kier alpha value is -2.53. The lowest BCUT2D eigenvalue weighted by Crippen LogP contribution is -2.19. The molecule has 23 heavy (non-hydrogen) atoms. The summed E-state index contributed by atoms with van der Waals surface area (Å²) in [4.78, 5) is 25.5. The lowest BCUT2D eigenvalue weighted by Gasteiger charge is -2.17. The van der Waals surface area contributed by atoms with Crippen molar-refractivity contribution in [2.24, 2.45) is 0 Å². The average molecular weight is 308 g/mol. The zero-order chi connectivity index (χ0) is 16.2. The number of H-pyrrole nitrogens is 1. The number of aryl methyl sites for hydroxylation is 1. The second-order valence-corrected chi connectivity index (χ2v) is 5.74. The minimum absolute atomic E-state index is 0.0669. The molecule has 0 radical (unpaired) electrons. The van der Waals surface area contributed by atoms with Crippen molar-refractivity contribution in [2.75, 3.05) is 7.05 Å². The van der Waals surface area contributed by atoms with Crippen molar-refractivity contribution in [1.29, 1.82) is 0 Å². The van der Waals surface area contributed by atoms with Crippen LogP contribution in [0.5, 0.6) is 0 Å². The van der Waals surface area contributed by atoms with Crippen LogP contribution in [-0.4, -0.2) is 26.9 Å². The summed E-state index contributed by atoms with van der Waals surface area (Å²) in [6.45, 7) is 3.48. The molecular formula is C18H20N4O. The molecule has 0 atom stereocenters. The number of aromatic nitrogens is 3. The maximum Gasteiger partial charge on any atom is 0.248 e. The van der Waals surface area contributed by atoms with Crippen LogP contribution in [0.4, 0.5) is 0 Å². The Morgan fingerprint density at radius 1 is 1.13 bits per heavy atom. The molecule has 5 nitrogen and oxygen atoms in total. The third kappa shape index (κ3) is 3.63. The molecule has 0 spiro atoms. The highest BCUT2D eigenvalue weighted by atomic mass is 16.1. The van der Waals surface area contributed by atoms with Gasteiger partial charge in [0.25, 0.3) is 0 Å². The first-order valence-electron chi connectivity index (χ1n) is 7.75. The fourth-order valence-electron chi connectivity index (χ4n) is 2.71. The van der Waals surface area contributed by atoms with Gasteiger partial charge >= 0.3 is 0 Å². The molecule has 5 heteroatoms. The van der Waals surface area contributed by atoms with Gasteiger partial charge in [0.05, 0.1) is 0 Å². The number of benzene rings is 1. The molecule has 0 aliphatic rings. The van der Waals surface area contributed by atoms with Crippen molar-refractivity contribution in [1.82, 2.24) is 19.9 Å². The second-order valence-electron chi connectivity index (χ2n) is 5.74. The number of nitrogens with zero attached hydrogens (tertiary/aromatic N) is 3. The van der Waals surface area contributed by atoms with E-state index in [0.717, 1.165) is 40.8 Å². The molecule has 0 saturated heterocycles. The Morgan fingerprint density at radius 2 is 1.87 bits per heavy atom. The van der Waals surface area contributed by atoms with Gasteiger partial charge in [-0.15, -0.1) is 0 Å². The van der Waals surface area contributed by atoms with Gasteiger partial charge in [0.15, 0.2) is 0 Å². The van der Waals surface area contributed by atoms with E-state index in [9.17, 15) is 4.79 Å². The van der Waals surface area contributed by atoms with Crippen LogP contribution in [0.1, 0.15) is 23.9 Å². The van der Waals surface area contributed by atoms with Crippen LogP contribution in [-0.2, 0) is 19.5 Å². The van der Waals surface area contributed by atoms with Crippen molar-refractivity contribution in [3.8, 4) is 0 Å². The number of aromatic amines is 1. The predicted octanol–water partition coefficient (Wildman–Crippen LogP) is 2.51. The van der Waals surface area contributed by atoms with Crippen LogP contribution in [0.15, 0.2) is 47.5 Å². The average Bonchev–Trinajstić information content (AvgIpc) is 2.55. The highest BCUT2D eigenvalue weighted by Gasteiger charge is 2.07. The number of rotatable bonds is 5. The van der Waals surface area contributed by atoms with Gasteiger partial charge in [-0.05, 0) is 18.7 Å². The molecule has 118 valence electrons. The monoisotopic (exact) mass is 308 g/mol. The summed E-state index contributed by atoms with van der Waals surface area (Å²) in [5, 5.41) is 1.08. The topological polar surface area (TPSA) is 61.9 Å². The van der Waals surface area contributed by atoms with E-state index in [0.29, 0.717) is 6.54 Å². The van der Waals surface area contributed by atoms with Gasteiger partial charge in [-0.2, -0.15) is 0 Å². The van der Waals surface area contributed by atoms with Crippen LogP contribution >= 0.6 is 0 Å². The summed E-state index contributed by atoms with van der Waals surface area (Å²) >= 11 is 0. The Balaban J connectivity index is 1.79. The molecule has 1 aromatic carbocycles. The third-order valence-electron chi connectivity index (χ3n) is 3.80. The van der Waals surface area contributed by atoms with Gasteiger partial charge in [-0.25, -0.2) is 9.97 Å². The fourth-order valence-corrected chi connectivity index (χ4v) is 2.71. The molecule has 0 aliphatic heterocycles. The highest BCUT2D eigenvalue weighted by molar-refractivity contribution is 5.81. The summed E-state index contributed by atoms with van der Waals surface area (Å²) in [6.07, 6.45) is 4.59. The standard InChI is InChI=1S/C18H20N4O/c1-3-17-19-9-13(10-20-17)11-22(2)12-14-8-18(23)21-16-7-5-4-6-15(14)16/h4-10H,3,11-12H2,1-2H3,(H,21,23). The van der Waals surface area contributed by atoms with Crippen molar-refractivity contribution >= 4 is 10.9 Å². The minimum atomic E-state index is -0.0669. The van der Waals surface area contributed by atoms with E-state index in [2.05, 4.69) is 19.9 Å². The molecule has 0 unspecified atom stereocenters. The Labute approximate surface area is 135 Å². The number of hydrogen-bond acceptors (Lipinski definition) is 4. The van der Waals surface area contributed by atoms with Gasteiger partial charge in [0.1, 0.15) is 5.82 Å². The summed E-state index contributed by atoms with van der Waals surface area (Å²) in [5.41, 5.74) is 2.90. The third-order valence-corrected chi connectivity index (χ3v) is 3.80. The molecule has 3 rings (SSSR count). The van der Waals surface area contributed by atoms with Crippen molar-refractivity contribution in [2.45, 2.75) is 26.4 Å². The van der Waals surface area contributed by atoms with Crippen LogP contribution in [0.25, 0.3) is 10.9 Å². The Morgan fingerprint density at radius 3 is 2.61 bits per heavy atom. The molecule has 0 fully saturated rings. The number of para-hydroxylation sites is 1. The van der Waals surface area contributed by atoms with E-state index in [1.54, 1.807) is 6.07 Å². The first-order chi connectivity index (χ1) is 11.2. The fraction of sp³-hybridized carbons (Fsp3) is 0.278. The normalized spacial score (nSPS) is 11.3. The zero-order valence-electron chi connectivity index (χ0n) is 13.4. The van der Waals surface area contributed by atoms with E-state index in [4.69, 9.17) is 0 Å². The van der Waals surface area contributed by atoms with Crippen molar-refractivity contribution in [3.05, 3.63) is 70.0 Å². The number of hydrogen-bond donors (Lipinski definition) is 1. The van der Waals surface area contributed by atoms with Crippen LogP contribution in [0, 0.1) is 0 Å². The molecule has 3 aromatic rings. The first kappa shape index (κ1) is 15.4. The summed E-state index contributed by atoms with van der Waals surface area (Å²) < 4.78 is 0. The zero-order valence-corrected chi connectivity index (χ0v) is 13.4. The van der Waals surface area contributed by atoms with E-state index in [-0.39, 0.29) is 5.56 Å². The molecule has 0 amide bonds. The Bertz CT molecular complexity index is 855. The van der Waals surface area contributed by atoms with Gasteiger partial charge in [-0.3, -0.25) is 9.69 Å². The molecule has 0 aliphatic carbocycles. The number of nitrogens with one attached hydrogen (secondary N) is 1. The maximum absolute atomic E-state index is 11.8. The molecule has 2 heterocycles. The molecule has 2 aromatic heterocycles. The van der Waals surface area contributed by atoms with Crippen LogP contribution in [0.3, 0.4) is 0 Å². The highest BCUT2D eigenvalue weighted by Crippen LogP contribution is 2.16. The second kappa shape index (κ2) is 6.71. The van der Waals surface area contributed by atoms with Gasteiger partial charge in [0, 0.05) is 54.4 Å². The van der Waals surface area contributed by atoms with Gasteiger partial charge < -0.3 is 4.98 Å². The smallest absolute Gasteiger partial charge is 0.248 e. The molecule has 0 saturated carbocycles. The minimum Gasteiger partial charge on any atom is -0.322 e. The first-order valence-corrected chi connectivity index (χ1v) is 7.75. The largest absolute Gasteiger partial charge is 0.322 e.